The maximum absolute atomic E-state index is 4.24. The highest BCUT2D eigenvalue weighted by Gasteiger charge is 2.14. The van der Waals surface area contributed by atoms with Gasteiger partial charge in [0.15, 0.2) is 0 Å². The van der Waals surface area contributed by atoms with Gasteiger partial charge < -0.3 is 10.6 Å². The first-order chi connectivity index (χ1) is 7.27. The lowest BCUT2D eigenvalue weighted by Gasteiger charge is -2.24. The van der Waals surface area contributed by atoms with Crippen LogP contribution in [-0.4, -0.2) is 29.1 Å². The van der Waals surface area contributed by atoms with Crippen LogP contribution >= 0.6 is 15.9 Å². The fraction of sp³-hybridized carbons (Fsp3) is 0.600. The number of hydrogen-bond acceptors (Lipinski definition) is 4. The number of anilines is 1. The van der Waals surface area contributed by atoms with E-state index in [4.69, 9.17) is 0 Å². The second kappa shape index (κ2) is 4.90. The van der Waals surface area contributed by atoms with Gasteiger partial charge in [-0.05, 0) is 48.8 Å². The number of hydrogen-bond donors (Lipinski definition) is 2. The number of rotatable bonds is 2. The third kappa shape index (κ3) is 2.66. The SMILES string of the molecule is Cc1ncnc(NC2CCNCC2)c1Br. The fourth-order valence-electron chi connectivity index (χ4n) is 1.72. The van der Waals surface area contributed by atoms with E-state index >= 15 is 0 Å². The molecule has 0 saturated carbocycles. The Hall–Kier alpha value is -0.680. The number of halogens is 1. The van der Waals surface area contributed by atoms with Gasteiger partial charge >= 0.3 is 0 Å². The molecule has 1 aromatic heterocycles. The Bertz CT molecular complexity index is 336. The normalized spacial score (nSPS) is 17.7. The number of nitrogens with zero attached hydrogens (tertiary/aromatic N) is 2. The predicted molar refractivity (Wildman–Crippen MR) is 64.0 cm³/mol. The van der Waals surface area contributed by atoms with Gasteiger partial charge in [0.05, 0.1) is 10.2 Å². The zero-order valence-corrected chi connectivity index (χ0v) is 10.3. The number of nitrogens with one attached hydrogen (secondary N) is 2. The first-order valence-electron chi connectivity index (χ1n) is 5.21. The quantitative estimate of drug-likeness (QED) is 0.859. The van der Waals surface area contributed by atoms with Crippen molar-refractivity contribution in [3.8, 4) is 0 Å². The molecule has 1 aliphatic rings. The molecule has 0 unspecified atom stereocenters. The molecule has 0 aromatic carbocycles. The molecule has 2 N–H and O–H groups in total. The summed E-state index contributed by atoms with van der Waals surface area (Å²) in [6.07, 6.45) is 3.90. The third-order valence-corrected chi connectivity index (χ3v) is 3.59. The summed E-state index contributed by atoms with van der Waals surface area (Å²) in [6, 6.07) is 0.525. The number of piperidine rings is 1. The van der Waals surface area contributed by atoms with Crippen molar-refractivity contribution in [2.45, 2.75) is 25.8 Å². The van der Waals surface area contributed by atoms with Crippen molar-refractivity contribution < 1.29 is 0 Å². The minimum Gasteiger partial charge on any atom is -0.366 e. The van der Waals surface area contributed by atoms with E-state index in [1.54, 1.807) is 6.33 Å². The van der Waals surface area contributed by atoms with Gasteiger partial charge in [0.25, 0.3) is 0 Å². The third-order valence-electron chi connectivity index (χ3n) is 2.64. The van der Waals surface area contributed by atoms with E-state index in [-0.39, 0.29) is 0 Å². The molecule has 0 atom stereocenters. The summed E-state index contributed by atoms with van der Waals surface area (Å²) < 4.78 is 0.975. The smallest absolute Gasteiger partial charge is 0.144 e. The van der Waals surface area contributed by atoms with Crippen LogP contribution in [-0.2, 0) is 0 Å². The van der Waals surface area contributed by atoms with Gasteiger partial charge in [-0.15, -0.1) is 0 Å². The van der Waals surface area contributed by atoms with Crippen LogP contribution in [0.3, 0.4) is 0 Å². The second-order valence-corrected chi connectivity index (χ2v) is 4.58. The molecule has 15 heavy (non-hydrogen) atoms. The number of aromatic nitrogens is 2. The highest BCUT2D eigenvalue weighted by Crippen LogP contribution is 2.23. The predicted octanol–water partition coefficient (Wildman–Crippen LogP) is 1.71. The first kappa shape index (κ1) is 10.8. The first-order valence-corrected chi connectivity index (χ1v) is 6.01. The van der Waals surface area contributed by atoms with E-state index in [9.17, 15) is 0 Å². The maximum Gasteiger partial charge on any atom is 0.144 e. The molecule has 1 fully saturated rings. The summed E-state index contributed by atoms with van der Waals surface area (Å²) in [7, 11) is 0. The average Bonchev–Trinajstić information content (AvgIpc) is 2.26. The Kier molecular flexibility index (Phi) is 3.53. The van der Waals surface area contributed by atoms with Gasteiger partial charge in [0, 0.05) is 6.04 Å². The fourth-order valence-corrected chi connectivity index (χ4v) is 2.04. The number of aryl methyl sites for hydroxylation is 1. The van der Waals surface area contributed by atoms with Crippen molar-refractivity contribution in [2.24, 2.45) is 0 Å². The van der Waals surface area contributed by atoms with Crippen molar-refractivity contribution in [1.82, 2.24) is 15.3 Å². The van der Waals surface area contributed by atoms with Crippen LogP contribution in [0.4, 0.5) is 5.82 Å². The molecule has 0 radical (unpaired) electrons. The van der Waals surface area contributed by atoms with E-state index in [0.29, 0.717) is 6.04 Å². The lowest BCUT2D eigenvalue weighted by atomic mass is 10.1. The molecular weight excluding hydrogens is 256 g/mol. The van der Waals surface area contributed by atoms with Gasteiger partial charge in [-0.1, -0.05) is 0 Å². The van der Waals surface area contributed by atoms with Gasteiger partial charge in [0.1, 0.15) is 12.1 Å². The largest absolute Gasteiger partial charge is 0.366 e. The van der Waals surface area contributed by atoms with Gasteiger partial charge in [-0.25, -0.2) is 9.97 Å². The van der Waals surface area contributed by atoms with Crippen LogP contribution in [0.5, 0.6) is 0 Å². The average molecular weight is 271 g/mol. The molecule has 2 heterocycles. The molecule has 1 aromatic rings. The Labute approximate surface area is 98.0 Å². The van der Waals surface area contributed by atoms with Crippen LogP contribution in [0, 0.1) is 6.92 Å². The van der Waals surface area contributed by atoms with Crippen molar-refractivity contribution >= 4 is 21.7 Å². The van der Waals surface area contributed by atoms with Crippen LogP contribution in [0.15, 0.2) is 10.8 Å². The monoisotopic (exact) mass is 270 g/mol. The van der Waals surface area contributed by atoms with Crippen LogP contribution < -0.4 is 10.6 Å². The van der Waals surface area contributed by atoms with Gasteiger partial charge in [0.2, 0.25) is 0 Å². The molecule has 82 valence electrons. The van der Waals surface area contributed by atoms with E-state index in [2.05, 4.69) is 36.5 Å². The molecule has 5 heteroatoms. The topological polar surface area (TPSA) is 49.8 Å². The summed E-state index contributed by atoms with van der Waals surface area (Å²) in [5.41, 5.74) is 0.974. The van der Waals surface area contributed by atoms with Crippen LogP contribution in [0.1, 0.15) is 18.5 Å². The summed E-state index contributed by atoms with van der Waals surface area (Å²) in [5, 5.41) is 6.79. The highest BCUT2D eigenvalue weighted by atomic mass is 79.9. The van der Waals surface area contributed by atoms with E-state index in [1.165, 1.54) is 0 Å². The minimum atomic E-state index is 0.525. The minimum absolute atomic E-state index is 0.525. The molecule has 1 saturated heterocycles. The van der Waals surface area contributed by atoms with Crippen molar-refractivity contribution in [3.05, 3.63) is 16.5 Å². The zero-order valence-electron chi connectivity index (χ0n) is 8.76. The summed E-state index contributed by atoms with van der Waals surface area (Å²) in [6.45, 7) is 4.14. The molecule has 0 aliphatic carbocycles. The van der Waals surface area contributed by atoms with Crippen LogP contribution in [0.2, 0.25) is 0 Å². The molecule has 0 spiro atoms. The molecular formula is C10H15BrN4. The highest BCUT2D eigenvalue weighted by molar-refractivity contribution is 9.10. The maximum atomic E-state index is 4.24. The Morgan fingerprint density at radius 2 is 2.13 bits per heavy atom. The lowest BCUT2D eigenvalue weighted by molar-refractivity contribution is 0.478. The van der Waals surface area contributed by atoms with Crippen molar-refractivity contribution in [3.63, 3.8) is 0 Å². The molecule has 4 nitrogen and oxygen atoms in total. The zero-order chi connectivity index (χ0) is 10.7. The summed E-state index contributed by atoms with van der Waals surface area (Å²) in [4.78, 5) is 8.37. The summed E-state index contributed by atoms with van der Waals surface area (Å²) in [5.74, 6) is 0.911. The molecule has 1 aliphatic heterocycles. The van der Waals surface area contributed by atoms with Crippen LogP contribution in [0.25, 0.3) is 0 Å². The van der Waals surface area contributed by atoms with Crippen molar-refractivity contribution in [1.29, 1.82) is 0 Å². The second-order valence-electron chi connectivity index (χ2n) is 3.79. The Balaban J connectivity index is 2.06. The van der Waals surface area contributed by atoms with E-state index < -0.39 is 0 Å². The van der Waals surface area contributed by atoms with Gasteiger partial charge in [-0.2, -0.15) is 0 Å². The van der Waals surface area contributed by atoms with Crippen molar-refractivity contribution in [2.75, 3.05) is 18.4 Å². The van der Waals surface area contributed by atoms with Gasteiger partial charge in [-0.3, -0.25) is 0 Å². The standard InChI is InChI=1S/C10H15BrN4/c1-7-9(11)10(14-6-13-7)15-8-2-4-12-5-3-8/h6,8,12H,2-5H2,1H3,(H,13,14,15). The van der Waals surface area contributed by atoms with E-state index in [0.717, 1.165) is 41.9 Å². The molecule has 2 rings (SSSR count). The summed E-state index contributed by atoms with van der Waals surface area (Å²) >= 11 is 3.50. The van der Waals surface area contributed by atoms with E-state index in [1.807, 2.05) is 6.92 Å². The Morgan fingerprint density at radius 3 is 2.87 bits per heavy atom. The Morgan fingerprint density at radius 1 is 1.40 bits per heavy atom. The molecule has 0 bridgehead atoms. The lowest BCUT2D eigenvalue weighted by Crippen LogP contribution is -2.35. The molecule has 0 amide bonds.